The van der Waals surface area contributed by atoms with E-state index in [1.54, 1.807) is 31.1 Å². The van der Waals surface area contributed by atoms with Crippen molar-refractivity contribution in [3.05, 3.63) is 40.3 Å². The molecule has 3 rings (SSSR count). The predicted molar refractivity (Wildman–Crippen MR) is 127 cm³/mol. The van der Waals surface area contributed by atoms with Crippen LogP contribution in [0.2, 0.25) is 0 Å². The topological polar surface area (TPSA) is 121 Å². The number of aromatic nitrogens is 1. The zero-order chi connectivity index (χ0) is 27.4. The first-order valence-electron chi connectivity index (χ1n) is 11.2. The summed E-state index contributed by atoms with van der Waals surface area (Å²) in [6, 6.07) is 4.31. The molecule has 10 nitrogen and oxygen atoms in total. The second-order valence-corrected chi connectivity index (χ2v) is 10.2. The van der Waals surface area contributed by atoms with E-state index in [4.69, 9.17) is 4.74 Å². The van der Waals surface area contributed by atoms with Crippen LogP contribution in [-0.2, 0) is 11.3 Å². The molecule has 2 heterocycles. The van der Waals surface area contributed by atoms with Crippen LogP contribution in [0, 0.1) is 0 Å². The molecular formula is C23H27F3N4O6S. The standard InChI is InChI=1S/C23H27F3N4O6S/c1-22(2,3)30(21(33)34)14-8-9-29(11-14)20(32)17-13-37-19(28-17)10-27-18(31)12-35-15-4-6-16(7-5-15)36-23(24,25)26/h4-7,13-14H,8-12H2,1-3H3,(H,27,31)(H,33,34). The summed E-state index contributed by atoms with van der Waals surface area (Å²) >= 11 is 1.19. The van der Waals surface area contributed by atoms with Gasteiger partial charge < -0.3 is 24.8 Å². The summed E-state index contributed by atoms with van der Waals surface area (Å²) in [5.74, 6) is -1.02. The van der Waals surface area contributed by atoms with Gasteiger partial charge in [-0.1, -0.05) is 0 Å². The molecule has 2 aromatic rings. The number of rotatable bonds is 8. The maximum absolute atomic E-state index is 12.9. The number of halogens is 3. The summed E-state index contributed by atoms with van der Waals surface area (Å²) in [7, 11) is 0. The average Bonchev–Trinajstić information content (AvgIpc) is 3.44. The van der Waals surface area contributed by atoms with Crippen LogP contribution in [0.25, 0.3) is 0 Å². The molecule has 0 radical (unpaired) electrons. The molecule has 1 fully saturated rings. The lowest BCUT2D eigenvalue weighted by Crippen LogP contribution is -2.52. The van der Waals surface area contributed by atoms with E-state index in [-0.39, 0.29) is 43.1 Å². The van der Waals surface area contributed by atoms with Gasteiger partial charge in [-0.25, -0.2) is 9.78 Å². The highest BCUT2D eigenvalue weighted by Crippen LogP contribution is 2.26. The van der Waals surface area contributed by atoms with Crippen molar-refractivity contribution in [1.82, 2.24) is 20.1 Å². The van der Waals surface area contributed by atoms with Gasteiger partial charge in [-0.05, 0) is 51.5 Å². The van der Waals surface area contributed by atoms with Crippen LogP contribution >= 0.6 is 11.3 Å². The van der Waals surface area contributed by atoms with E-state index in [2.05, 4.69) is 15.0 Å². The summed E-state index contributed by atoms with van der Waals surface area (Å²) in [6.07, 6.45) is -5.30. The number of ether oxygens (including phenoxy) is 2. The zero-order valence-electron chi connectivity index (χ0n) is 20.4. The van der Waals surface area contributed by atoms with Crippen molar-refractivity contribution in [2.75, 3.05) is 19.7 Å². The number of nitrogens with one attached hydrogen (secondary N) is 1. The van der Waals surface area contributed by atoms with E-state index in [0.29, 0.717) is 18.0 Å². The number of benzene rings is 1. The van der Waals surface area contributed by atoms with Crippen LogP contribution in [0.3, 0.4) is 0 Å². The van der Waals surface area contributed by atoms with Gasteiger partial charge in [0.1, 0.15) is 22.2 Å². The Morgan fingerprint density at radius 2 is 1.84 bits per heavy atom. The second kappa shape index (κ2) is 11.2. The molecule has 37 heavy (non-hydrogen) atoms. The molecule has 3 amide bonds. The lowest BCUT2D eigenvalue weighted by atomic mass is 10.0. The Balaban J connectivity index is 1.46. The number of likely N-dealkylation sites (tertiary alicyclic amines) is 1. The molecule has 1 aromatic carbocycles. The Morgan fingerprint density at radius 1 is 1.19 bits per heavy atom. The number of carbonyl (C=O) groups is 3. The van der Waals surface area contributed by atoms with Gasteiger partial charge in [0.05, 0.1) is 12.6 Å². The average molecular weight is 545 g/mol. The van der Waals surface area contributed by atoms with E-state index in [0.717, 1.165) is 12.1 Å². The molecule has 14 heteroatoms. The number of amides is 3. The number of alkyl halides is 3. The van der Waals surface area contributed by atoms with E-state index >= 15 is 0 Å². The fourth-order valence-corrected chi connectivity index (χ4v) is 4.60. The van der Waals surface area contributed by atoms with Gasteiger partial charge in [0, 0.05) is 24.0 Å². The first-order valence-corrected chi connectivity index (χ1v) is 12.1. The lowest BCUT2D eigenvalue weighted by Gasteiger charge is -2.37. The van der Waals surface area contributed by atoms with E-state index < -0.39 is 29.7 Å². The number of hydrogen-bond donors (Lipinski definition) is 2. The largest absolute Gasteiger partial charge is 0.573 e. The molecule has 1 aliphatic rings. The van der Waals surface area contributed by atoms with Crippen molar-refractivity contribution in [3.63, 3.8) is 0 Å². The second-order valence-electron chi connectivity index (χ2n) is 9.23. The van der Waals surface area contributed by atoms with E-state index in [1.807, 2.05) is 0 Å². The fraction of sp³-hybridized carbons (Fsp3) is 0.478. The quantitative estimate of drug-likeness (QED) is 0.520. The van der Waals surface area contributed by atoms with Gasteiger partial charge in [-0.2, -0.15) is 0 Å². The third-order valence-electron chi connectivity index (χ3n) is 5.38. The minimum atomic E-state index is -4.80. The normalized spacial score (nSPS) is 15.8. The van der Waals surface area contributed by atoms with Crippen molar-refractivity contribution >= 4 is 29.2 Å². The van der Waals surface area contributed by atoms with Crippen LogP contribution in [0.4, 0.5) is 18.0 Å². The van der Waals surface area contributed by atoms with Crippen LogP contribution < -0.4 is 14.8 Å². The van der Waals surface area contributed by atoms with E-state index in [9.17, 15) is 32.7 Å². The first-order chi connectivity index (χ1) is 17.2. The highest BCUT2D eigenvalue weighted by Gasteiger charge is 2.39. The van der Waals surface area contributed by atoms with Crippen molar-refractivity contribution in [2.24, 2.45) is 0 Å². The lowest BCUT2D eigenvalue weighted by molar-refractivity contribution is -0.274. The Morgan fingerprint density at radius 3 is 2.43 bits per heavy atom. The van der Waals surface area contributed by atoms with Gasteiger partial charge in [-0.3, -0.25) is 14.5 Å². The third kappa shape index (κ3) is 7.97. The maximum atomic E-state index is 12.9. The molecule has 202 valence electrons. The van der Waals surface area contributed by atoms with Gasteiger partial charge in [0.15, 0.2) is 6.61 Å². The number of thiazole rings is 1. The number of hydrogen-bond acceptors (Lipinski definition) is 7. The first kappa shape index (κ1) is 28.0. The van der Waals surface area contributed by atoms with Crippen LogP contribution in [-0.4, -0.2) is 75.4 Å². The Labute approximate surface area is 215 Å². The summed E-state index contributed by atoms with van der Waals surface area (Å²) in [5.41, 5.74) is -0.388. The molecule has 1 aromatic heterocycles. The monoisotopic (exact) mass is 544 g/mol. The molecule has 0 bridgehead atoms. The number of nitrogens with zero attached hydrogens (tertiary/aromatic N) is 3. The molecule has 1 aliphatic heterocycles. The van der Waals surface area contributed by atoms with E-state index in [1.165, 1.54) is 28.4 Å². The summed E-state index contributed by atoms with van der Waals surface area (Å²) in [5, 5.41) is 14.3. The van der Waals surface area contributed by atoms with Gasteiger partial charge in [-0.15, -0.1) is 24.5 Å². The summed E-state index contributed by atoms with van der Waals surface area (Å²) in [4.78, 5) is 43.9. The highest BCUT2D eigenvalue weighted by atomic mass is 32.1. The minimum absolute atomic E-state index is 0.0535. The summed E-state index contributed by atoms with van der Waals surface area (Å²) in [6.45, 7) is 5.78. The zero-order valence-corrected chi connectivity index (χ0v) is 21.2. The minimum Gasteiger partial charge on any atom is -0.484 e. The van der Waals surface area contributed by atoms with Gasteiger partial charge in [0.25, 0.3) is 11.8 Å². The van der Waals surface area contributed by atoms with Crippen molar-refractivity contribution < 1.29 is 42.1 Å². The molecule has 1 saturated heterocycles. The third-order valence-corrected chi connectivity index (χ3v) is 6.23. The SMILES string of the molecule is CC(C)(C)N(C(=O)O)C1CCN(C(=O)c2csc(CNC(=O)COc3ccc(OC(F)(F)F)cc3)n2)C1. The fourth-order valence-electron chi connectivity index (χ4n) is 3.89. The Kier molecular flexibility index (Phi) is 8.51. The molecule has 1 unspecified atom stereocenters. The number of carbonyl (C=O) groups excluding carboxylic acids is 2. The van der Waals surface area contributed by atoms with Crippen molar-refractivity contribution in [3.8, 4) is 11.5 Å². The van der Waals surface area contributed by atoms with Crippen LogP contribution in [0.5, 0.6) is 11.5 Å². The molecule has 1 atom stereocenters. The molecular weight excluding hydrogens is 517 g/mol. The highest BCUT2D eigenvalue weighted by molar-refractivity contribution is 7.09. The van der Waals surface area contributed by atoms with Crippen molar-refractivity contribution in [1.29, 1.82) is 0 Å². The predicted octanol–water partition coefficient (Wildman–Crippen LogP) is 3.73. The molecule has 0 aliphatic carbocycles. The molecule has 2 N–H and O–H groups in total. The van der Waals surface area contributed by atoms with Crippen LogP contribution in [0.1, 0.15) is 42.7 Å². The maximum Gasteiger partial charge on any atom is 0.573 e. The number of carboxylic acid groups (broad SMARTS) is 1. The smallest absolute Gasteiger partial charge is 0.484 e. The summed E-state index contributed by atoms with van der Waals surface area (Å²) < 4.78 is 45.6. The van der Waals surface area contributed by atoms with Gasteiger partial charge in [0.2, 0.25) is 0 Å². The molecule has 0 spiro atoms. The Bertz CT molecular complexity index is 1120. The van der Waals surface area contributed by atoms with Crippen molar-refractivity contribution in [2.45, 2.75) is 51.7 Å². The Hall–Kier alpha value is -3.55. The van der Waals surface area contributed by atoms with Crippen LogP contribution in [0.15, 0.2) is 29.6 Å². The molecule has 0 saturated carbocycles. The van der Waals surface area contributed by atoms with Gasteiger partial charge >= 0.3 is 12.5 Å².